The van der Waals surface area contributed by atoms with E-state index in [2.05, 4.69) is 11.2 Å². The number of ether oxygens (including phenoxy) is 1. The predicted octanol–water partition coefficient (Wildman–Crippen LogP) is 0.684. The summed E-state index contributed by atoms with van der Waals surface area (Å²) in [4.78, 5) is 3.79. The van der Waals surface area contributed by atoms with E-state index >= 15 is 0 Å². The van der Waals surface area contributed by atoms with Crippen LogP contribution in [0.3, 0.4) is 0 Å². The van der Waals surface area contributed by atoms with Gasteiger partial charge in [0.05, 0.1) is 11.5 Å². The Kier molecular flexibility index (Phi) is 2.87. The van der Waals surface area contributed by atoms with E-state index in [1.165, 1.54) is 12.3 Å². The lowest BCUT2D eigenvalue weighted by Crippen LogP contribution is -1.99. The van der Waals surface area contributed by atoms with Crippen LogP contribution in [-0.2, 0) is 9.84 Å². The van der Waals surface area contributed by atoms with Crippen LogP contribution in [0.5, 0.6) is 5.75 Å². The van der Waals surface area contributed by atoms with E-state index in [1.54, 1.807) is 6.92 Å². The van der Waals surface area contributed by atoms with Crippen molar-refractivity contribution >= 4 is 9.84 Å². The summed E-state index contributed by atoms with van der Waals surface area (Å²) in [5, 5.41) is 0. The van der Waals surface area contributed by atoms with E-state index in [1.807, 2.05) is 0 Å². The fourth-order valence-corrected chi connectivity index (χ4v) is 1.36. The average Bonchev–Trinajstić information content (AvgIpc) is 2.04. The van der Waals surface area contributed by atoms with E-state index in [4.69, 9.17) is 4.74 Å². The highest BCUT2D eigenvalue weighted by molar-refractivity contribution is 7.90. The second-order valence-corrected chi connectivity index (χ2v) is 4.50. The third-order valence-corrected chi connectivity index (χ3v) is 2.45. The number of sulfone groups is 1. The summed E-state index contributed by atoms with van der Waals surface area (Å²) >= 11 is 0. The van der Waals surface area contributed by atoms with Gasteiger partial charge >= 0.3 is 0 Å². The Morgan fingerprint density at radius 2 is 2.31 bits per heavy atom. The highest BCUT2D eigenvalue weighted by Gasteiger charge is 2.08. The summed E-state index contributed by atoms with van der Waals surface area (Å²) in [6.07, 6.45) is 4.92. The zero-order chi connectivity index (χ0) is 9.90. The third kappa shape index (κ3) is 2.69. The molecule has 0 aliphatic carbocycles. The fraction of sp³-hybridized carbons (Fsp3) is 0.375. The van der Waals surface area contributed by atoms with Gasteiger partial charge in [0, 0.05) is 18.5 Å². The van der Waals surface area contributed by atoms with Gasteiger partial charge in [-0.3, -0.25) is 0 Å². The van der Waals surface area contributed by atoms with Crippen LogP contribution in [0.15, 0.2) is 17.2 Å². The topological polar surface area (TPSA) is 56.3 Å². The summed E-state index contributed by atoms with van der Waals surface area (Å²) < 4.78 is 27.2. The Hall–Kier alpha value is -1.10. The molecule has 1 rings (SSSR count). The molecule has 0 spiro atoms. The van der Waals surface area contributed by atoms with Crippen LogP contribution in [0.25, 0.3) is 0 Å². The van der Waals surface area contributed by atoms with Gasteiger partial charge in [0.15, 0.2) is 9.84 Å². The van der Waals surface area contributed by atoms with Gasteiger partial charge in [0.25, 0.3) is 0 Å². The maximum Gasteiger partial charge on any atom is 0.177 e. The lowest BCUT2D eigenvalue weighted by molar-refractivity contribution is 0.337. The van der Waals surface area contributed by atoms with Gasteiger partial charge in [-0.25, -0.2) is 13.4 Å². The molecule has 71 valence electrons. The van der Waals surface area contributed by atoms with E-state index in [0.717, 1.165) is 6.26 Å². The Labute approximate surface area is 77.5 Å². The predicted molar refractivity (Wildman–Crippen MR) is 47.4 cm³/mol. The maximum atomic E-state index is 11.1. The van der Waals surface area contributed by atoms with E-state index in [9.17, 15) is 8.42 Å². The first-order valence-corrected chi connectivity index (χ1v) is 5.63. The number of pyridine rings is 1. The average molecular weight is 200 g/mol. The smallest absolute Gasteiger partial charge is 0.177 e. The molecule has 0 aliphatic heterocycles. The summed E-state index contributed by atoms with van der Waals surface area (Å²) in [6.45, 7) is 2.27. The summed E-state index contributed by atoms with van der Waals surface area (Å²) in [5.74, 6) is 0.352. The first-order valence-electron chi connectivity index (χ1n) is 3.74. The molecule has 1 aromatic rings. The third-order valence-electron chi connectivity index (χ3n) is 1.37. The second-order valence-electron chi connectivity index (χ2n) is 2.49. The van der Waals surface area contributed by atoms with Crippen LogP contribution in [0.2, 0.25) is 0 Å². The van der Waals surface area contributed by atoms with Crippen molar-refractivity contribution < 1.29 is 13.2 Å². The van der Waals surface area contributed by atoms with Crippen LogP contribution in [0, 0.1) is 6.20 Å². The molecule has 0 aliphatic rings. The molecule has 0 bridgehead atoms. The van der Waals surface area contributed by atoms with Crippen molar-refractivity contribution in [3.05, 3.63) is 18.5 Å². The summed E-state index contributed by atoms with van der Waals surface area (Å²) in [5.41, 5.74) is 0. The molecule has 13 heavy (non-hydrogen) atoms. The SMILES string of the molecule is CCOc1[c]ncc(S(C)(=O)=O)c1. The Morgan fingerprint density at radius 3 is 2.85 bits per heavy atom. The number of nitrogens with zero attached hydrogens (tertiary/aromatic N) is 1. The molecule has 0 amide bonds. The Balaban J connectivity index is 3.06. The summed E-state index contributed by atoms with van der Waals surface area (Å²) in [7, 11) is -3.21. The van der Waals surface area contributed by atoms with Crippen molar-refractivity contribution in [1.82, 2.24) is 4.98 Å². The highest BCUT2D eigenvalue weighted by atomic mass is 32.2. The fourth-order valence-electron chi connectivity index (χ4n) is 0.790. The van der Waals surface area contributed by atoms with Gasteiger partial charge in [-0.15, -0.1) is 0 Å². The van der Waals surface area contributed by atoms with E-state index in [-0.39, 0.29) is 4.90 Å². The van der Waals surface area contributed by atoms with E-state index in [0.29, 0.717) is 12.4 Å². The number of hydrogen-bond acceptors (Lipinski definition) is 4. The minimum atomic E-state index is -3.21. The number of aromatic nitrogens is 1. The molecule has 0 atom stereocenters. The van der Waals surface area contributed by atoms with Crippen LogP contribution in [0.4, 0.5) is 0 Å². The normalized spacial score (nSPS) is 11.2. The first kappa shape index (κ1) is 9.98. The van der Waals surface area contributed by atoms with Gasteiger partial charge in [0.2, 0.25) is 0 Å². The molecule has 0 saturated carbocycles. The first-order chi connectivity index (χ1) is 6.04. The largest absolute Gasteiger partial charge is 0.491 e. The van der Waals surface area contributed by atoms with Crippen molar-refractivity contribution in [2.24, 2.45) is 0 Å². The molecule has 0 fully saturated rings. The van der Waals surface area contributed by atoms with Crippen molar-refractivity contribution in [3.63, 3.8) is 0 Å². The zero-order valence-corrected chi connectivity index (χ0v) is 8.26. The van der Waals surface area contributed by atoms with Crippen molar-refractivity contribution in [1.29, 1.82) is 0 Å². The van der Waals surface area contributed by atoms with Crippen molar-refractivity contribution in [3.8, 4) is 5.75 Å². The molecular formula is C8H10NO3S. The van der Waals surface area contributed by atoms with Gasteiger partial charge in [0.1, 0.15) is 11.9 Å². The monoisotopic (exact) mass is 200 g/mol. The molecule has 4 nitrogen and oxygen atoms in total. The maximum absolute atomic E-state index is 11.1. The molecule has 1 heterocycles. The van der Waals surface area contributed by atoms with Gasteiger partial charge < -0.3 is 4.74 Å². The quantitative estimate of drug-likeness (QED) is 0.720. The van der Waals surface area contributed by atoms with Crippen LogP contribution < -0.4 is 4.74 Å². The standard InChI is InChI=1S/C8H10NO3S/c1-3-12-7-4-8(6-9-5-7)13(2,10)11/h4,6H,3H2,1-2H3. The molecule has 1 radical (unpaired) electrons. The molecule has 5 heteroatoms. The van der Waals surface area contributed by atoms with Crippen molar-refractivity contribution in [2.75, 3.05) is 12.9 Å². The minimum Gasteiger partial charge on any atom is -0.491 e. The number of hydrogen-bond donors (Lipinski definition) is 0. The second kappa shape index (κ2) is 3.74. The Bertz CT molecular complexity index is 386. The van der Waals surface area contributed by atoms with Crippen LogP contribution in [0.1, 0.15) is 6.92 Å². The molecule has 0 saturated heterocycles. The van der Waals surface area contributed by atoms with Crippen LogP contribution in [-0.4, -0.2) is 26.3 Å². The van der Waals surface area contributed by atoms with Crippen molar-refractivity contribution in [2.45, 2.75) is 11.8 Å². The summed E-state index contributed by atoms with van der Waals surface area (Å²) in [6, 6.07) is 1.41. The van der Waals surface area contributed by atoms with Gasteiger partial charge in [-0.2, -0.15) is 0 Å². The minimum absolute atomic E-state index is 0.148. The lowest BCUT2D eigenvalue weighted by atomic mass is 10.5. The lowest BCUT2D eigenvalue weighted by Gasteiger charge is -2.02. The molecule has 1 aromatic heterocycles. The van der Waals surface area contributed by atoms with Gasteiger partial charge in [-0.1, -0.05) is 0 Å². The highest BCUT2D eigenvalue weighted by Crippen LogP contribution is 2.14. The van der Waals surface area contributed by atoms with E-state index < -0.39 is 9.84 Å². The zero-order valence-electron chi connectivity index (χ0n) is 7.44. The van der Waals surface area contributed by atoms with Crippen LogP contribution >= 0.6 is 0 Å². The molecule has 0 unspecified atom stereocenters. The Morgan fingerprint density at radius 1 is 1.62 bits per heavy atom. The molecule has 0 N–H and O–H groups in total. The molecular weight excluding hydrogens is 190 g/mol. The number of rotatable bonds is 3. The van der Waals surface area contributed by atoms with Gasteiger partial charge in [-0.05, 0) is 6.92 Å². The molecule has 0 aromatic carbocycles.